The summed E-state index contributed by atoms with van der Waals surface area (Å²) in [5.41, 5.74) is 0. The number of likely N-dealkylation sites (N-methyl/N-ethyl adjacent to an activating group) is 1. The van der Waals surface area contributed by atoms with E-state index in [2.05, 4.69) is 129 Å². The average molecular weight is 1140 g/mol. The third kappa shape index (κ3) is 62.8. The quantitative estimate of drug-likeness (QED) is 0.0272. The summed E-state index contributed by atoms with van der Waals surface area (Å²) in [6, 6.07) is -0.829. The maximum absolute atomic E-state index is 13.0. The van der Waals surface area contributed by atoms with Crippen LogP contribution in [0.15, 0.2) is 109 Å². The third-order valence-corrected chi connectivity index (χ3v) is 15.5. The van der Waals surface area contributed by atoms with Crippen molar-refractivity contribution in [2.24, 2.45) is 0 Å². The lowest BCUT2D eigenvalue weighted by molar-refractivity contribution is -0.870. The highest BCUT2D eigenvalue weighted by atomic mass is 31.2. The summed E-state index contributed by atoms with van der Waals surface area (Å²) in [4.78, 5) is 25.6. The van der Waals surface area contributed by atoms with Crippen molar-refractivity contribution in [3.63, 3.8) is 0 Å². The average Bonchev–Trinajstić information content (AvgIpc) is 3.42. The Hall–Kier alpha value is -2.84. The number of hydrogen-bond acceptors (Lipinski definition) is 6. The van der Waals surface area contributed by atoms with Crippen LogP contribution >= 0.6 is 7.82 Å². The van der Waals surface area contributed by atoms with Crippen LogP contribution in [-0.2, 0) is 18.4 Å². The molecule has 0 heterocycles. The second-order valence-electron chi connectivity index (χ2n) is 23.4. The van der Waals surface area contributed by atoms with Gasteiger partial charge in [-0.2, -0.15) is 0 Å². The highest BCUT2D eigenvalue weighted by molar-refractivity contribution is 7.45. The molecule has 2 N–H and O–H groups in total. The highest BCUT2D eigenvalue weighted by Gasteiger charge is 2.24. The van der Waals surface area contributed by atoms with Gasteiger partial charge in [-0.05, 0) is 83.5 Å². The number of unbranched alkanes of at least 4 members (excludes halogenated alkanes) is 29. The van der Waals surface area contributed by atoms with Gasteiger partial charge in [0.1, 0.15) is 13.2 Å². The van der Waals surface area contributed by atoms with Gasteiger partial charge in [0.2, 0.25) is 5.91 Å². The van der Waals surface area contributed by atoms with Gasteiger partial charge in [0, 0.05) is 6.42 Å². The Bertz CT molecular complexity index is 1670. The molecule has 0 aliphatic carbocycles. The second-order valence-corrected chi connectivity index (χ2v) is 24.9. The Labute approximate surface area is 495 Å². The summed E-state index contributed by atoms with van der Waals surface area (Å²) in [5.74, 6) is -0.198. The molecule has 1 amide bonds. The number of rotatable bonds is 60. The fourth-order valence-electron chi connectivity index (χ4n) is 9.39. The van der Waals surface area contributed by atoms with Crippen LogP contribution in [0.5, 0.6) is 0 Å². The van der Waals surface area contributed by atoms with Crippen LogP contribution in [-0.4, -0.2) is 68.5 Å². The number of allylic oxidation sites excluding steroid dienone is 18. The van der Waals surface area contributed by atoms with Gasteiger partial charge in [-0.1, -0.05) is 303 Å². The number of nitrogens with one attached hydrogen (secondary N) is 1. The van der Waals surface area contributed by atoms with Crippen LogP contribution in [0.25, 0.3) is 0 Å². The minimum absolute atomic E-state index is 0.000203. The number of amides is 1. The predicted octanol–water partition coefficient (Wildman–Crippen LogP) is 20.5. The number of phosphoric ester groups is 1. The molecule has 3 unspecified atom stereocenters. The third-order valence-electron chi connectivity index (χ3n) is 14.5. The maximum atomic E-state index is 13.0. The number of phosphoric acid groups is 1. The number of hydrogen-bond donors (Lipinski definition) is 2. The van der Waals surface area contributed by atoms with E-state index in [1.807, 2.05) is 21.1 Å². The number of aliphatic hydroxyl groups excluding tert-OH is 1. The Balaban J connectivity index is 4.20. The summed E-state index contributed by atoms with van der Waals surface area (Å²) < 4.78 is 23.5. The zero-order valence-electron chi connectivity index (χ0n) is 52.7. The molecule has 0 saturated heterocycles. The van der Waals surface area contributed by atoms with Crippen molar-refractivity contribution in [3.8, 4) is 0 Å². The smallest absolute Gasteiger partial charge is 0.268 e. The van der Waals surface area contributed by atoms with Crippen molar-refractivity contribution in [2.75, 3.05) is 40.9 Å². The number of carbonyl (C=O) groups is 1. The molecule has 0 aromatic heterocycles. The Kier molecular flexibility index (Phi) is 58.6. The predicted molar refractivity (Wildman–Crippen MR) is 348 cm³/mol. The summed E-state index contributed by atoms with van der Waals surface area (Å²) >= 11 is 0. The lowest BCUT2D eigenvalue weighted by Crippen LogP contribution is -2.46. The van der Waals surface area contributed by atoms with Crippen molar-refractivity contribution < 1.29 is 32.9 Å². The molecule has 0 bridgehead atoms. The monoisotopic (exact) mass is 1130 g/mol. The standard InChI is InChI=1S/C71H127N2O6P/c1-6-8-10-12-14-16-18-20-22-24-26-28-30-32-34-35-36-37-39-41-43-45-47-49-51-53-55-57-59-61-63-65-71(75)72-69(68-79-80(76,77)78-67-66-73(3,4)5)70(74)64-62-60-58-56-54-52-50-48-46-44-42-40-38-33-31-29-27-25-23-21-19-17-15-13-11-9-7-2/h8,10,14,16,20,22,26,28,32,34,36-37,41,43,47,49,53,55,69-70,74H,6-7,9,11-13,15,17-19,21,23-25,27,29-31,33,35,38-40,42,44-46,48,50-52,54,56-68H2,1-5H3,(H-,72,75,76,77)/b10-8-,16-14-,22-20-,28-26-,34-32-,37-36-,43-41-,49-47-,55-53-. The number of carbonyl (C=O) groups excluding carboxylic acids is 1. The molecular weight excluding hydrogens is 1010 g/mol. The molecule has 0 fully saturated rings. The first-order valence-corrected chi connectivity index (χ1v) is 34.7. The minimum Gasteiger partial charge on any atom is -0.756 e. The van der Waals surface area contributed by atoms with Gasteiger partial charge in [0.05, 0.1) is 39.9 Å². The van der Waals surface area contributed by atoms with E-state index in [4.69, 9.17) is 9.05 Å². The first-order chi connectivity index (χ1) is 39.0. The molecule has 0 aliphatic heterocycles. The normalized spacial score (nSPS) is 14.4. The number of nitrogens with zero attached hydrogens (tertiary/aromatic N) is 1. The first-order valence-electron chi connectivity index (χ1n) is 33.2. The van der Waals surface area contributed by atoms with Gasteiger partial charge in [-0.15, -0.1) is 0 Å². The van der Waals surface area contributed by atoms with Crippen LogP contribution in [0.1, 0.15) is 284 Å². The Morgan fingerprint density at radius 2 is 0.762 bits per heavy atom. The first kappa shape index (κ1) is 77.2. The van der Waals surface area contributed by atoms with Crippen LogP contribution in [0.3, 0.4) is 0 Å². The summed E-state index contributed by atoms with van der Waals surface area (Å²) in [7, 11) is 1.27. The molecule has 8 nitrogen and oxygen atoms in total. The molecule has 0 spiro atoms. The van der Waals surface area contributed by atoms with Crippen molar-refractivity contribution in [1.82, 2.24) is 5.32 Å². The van der Waals surface area contributed by atoms with E-state index < -0.39 is 20.0 Å². The van der Waals surface area contributed by atoms with E-state index in [0.717, 1.165) is 103 Å². The summed E-state index contributed by atoms with van der Waals surface area (Å²) in [6.45, 7) is 4.60. The molecule has 0 aliphatic rings. The molecular formula is C71H127N2O6P. The molecule has 0 rings (SSSR count). The van der Waals surface area contributed by atoms with Crippen LogP contribution in [0.2, 0.25) is 0 Å². The summed E-state index contributed by atoms with van der Waals surface area (Å²) in [6.07, 6.45) is 88.6. The van der Waals surface area contributed by atoms with Crippen LogP contribution < -0.4 is 10.2 Å². The van der Waals surface area contributed by atoms with E-state index in [1.54, 1.807) is 0 Å². The van der Waals surface area contributed by atoms with Gasteiger partial charge in [-0.3, -0.25) is 9.36 Å². The van der Waals surface area contributed by atoms with E-state index >= 15 is 0 Å². The molecule has 0 aromatic rings. The van der Waals surface area contributed by atoms with Crippen molar-refractivity contribution in [2.45, 2.75) is 296 Å². The van der Waals surface area contributed by atoms with Gasteiger partial charge in [-0.25, -0.2) is 0 Å². The van der Waals surface area contributed by atoms with E-state index in [-0.39, 0.29) is 19.1 Å². The van der Waals surface area contributed by atoms with Gasteiger partial charge in [0.15, 0.2) is 0 Å². The van der Waals surface area contributed by atoms with E-state index in [0.29, 0.717) is 23.9 Å². The van der Waals surface area contributed by atoms with Crippen LogP contribution in [0, 0.1) is 0 Å². The zero-order valence-corrected chi connectivity index (χ0v) is 53.6. The lowest BCUT2D eigenvalue weighted by Gasteiger charge is -2.30. The minimum atomic E-state index is -4.60. The van der Waals surface area contributed by atoms with Crippen molar-refractivity contribution in [3.05, 3.63) is 109 Å². The summed E-state index contributed by atoms with van der Waals surface area (Å²) in [5, 5.41) is 14.1. The second kappa shape index (κ2) is 60.7. The lowest BCUT2D eigenvalue weighted by atomic mass is 10.0. The molecule has 462 valence electrons. The maximum Gasteiger partial charge on any atom is 0.268 e. The zero-order chi connectivity index (χ0) is 58.4. The largest absolute Gasteiger partial charge is 0.756 e. The van der Waals surface area contributed by atoms with Gasteiger partial charge in [0.25, 0.3) is 7.82 Å². The fourth-order valence-corrected chi connectivity index (χ4v) is 10.1. The van der Waals surface area contributed by atoms with Gasteiger partial charge >= 0.3 is 0 Å². The molecule has 0 saturated carbocycles. The SMILES string of the molecule is CC/C=C\C/C=C\C/C=C\C/C=C\C/C=C\C/C=C\C/C=C\C/C=C\C/C=C\CCCCCC(=O)NC(COP(=O)([O-])OCC[N+](C)(C)C)C(O)CCCCCCCCCCCCCCCCCCCCCCCCCCCCC. The Morgan fingerprint density at radius 3 is 1.10 bits per heavy atom. The molecule has 0 radical (unpaired) electrons. The van der Waals surface area contributed by atoms with Crippen LogP contribution in [0.4, 0.5) is 0 Å². The molecule has 3 atom stereocenters. The van der Waals surface area contributed by atoms with Crippen molar-refractivity contribution in [1.29, 1.82) is 0 Å². The topological polar surface area (TPSA) is 108 Å². The number of quaternary nitrogens is 1. The molecule has 9 heteroatoms. The molecule has 80 heavy (non-hydrogen) atoms. The molecule has 0 aromatic carbocycles. The van der Waals surface area contributed by atoms with E-state index in [1.165, 1.54) is 154 Å². The highest BCUT2D eigenvalue weighted by Crippen LogP contribution is 2.38. The Morgan fingerprint density at radius 1 is 0.450 bits per heavy atom. The van der Waals surface area contributed by atoms with Crippen molar-refractivity contribution >= 4 is 13.7 Å². The van der Waals surface area contributed by atoms with E-state index in [9.17, 15) is 19.4 Å². The number of aliphatic hydroxyl groups is 1. The fraction of sp³-hybridized carbons (Fsp3) is 0.732. The van der Waals surface area contributed by atoms with Gasteiger partial charge < -0.3 is 28.8 Å².